The van der Waals surface area contributed by atoms with E-state index in [1.54, 1.807) is 0 Å². The van der Waals surface area contributed by atoms with Gasteiger partial charge in [-0.15, -0.1) is 0 Å². The molecule has 1 atom stereocenters. The van der Waals surface area contributed by atoms with Crippen LogP contribution in [0.4, 0.5) is 4.79 Å². The number of rotatable bonds is 5. The number of nitrogens with zero attached hydrogens (tertiary/aromatic N) is 1. The molecular formula is C16H21N3O2. The maximum atomic E-state index is 11.9. The SMILES string of the molecule is [2H]c1c(C([2H])([2H])[C@]2([2H])N([2H])C(=O)OC2([2H])[2H])c([2H])c2c(CCN(C([2H])([2H])[2H])C([2H])([2H])[2H])c([2H])n([2H])c2c1[2H]. The molecule has 0 bridgehead atoms. The van der Waals surface area contributed by atoms with Crippen LogP contribution in [-0.4, -0.2) is 49.0 Å². The molecule has 0 radical (unpaired) electrons. The first-order valence-corrected chi connectivity index (χ1v) is 5.87. The zero-order valence-electron chi connectivity index (χ0n) is 27.6. The number of hydrogen-bond acceptors (Lipinski definition) is 3. The molecule has 1 aromatic heterocycles. The van der Waals surface area contributed by atoms with Gasteiger partial charge in [0, 0.05) is 34.6 Å². The summed E-state index contributed by atoms with van der Waals surface area (Å²) in [6, 6.07) is -6.52. The van der Waals surface area contributed by atoms with E-state index in [1.165, 1.54) is 0 Å². The number of amides is 1. The van der Waals surface area contributed by atoms with Crippen molar-refractivity contribution >= 4 is 17.0 Å². The Morgan fingerprint density at radius 1 is 1.71 bits per heavy atom. The van der Waals surface area contributed by atoms with Crippen LogP contribution in [0.3, 0.4) is 0 Å². The van der Waals surface area contributed by atoms with Gasteiger partial charge in [0.1, 0.15) is 6.56 Å². The second-order valence-corrected chi connectivity index (χ2v) is 4.13. The van der Waals surface area contributed by atoms with E-state index >= 15 is 0 Å². The predicted octanol–water partition coefficient (Wildman–Crippen LogP) is 1.92. The van der Waals surface area contributed by atoms with Crippen LogP contribution in [0, 0.1) is 0 Å². The lowest BCUT2D eigenvalue weighted by molar-refractivity contribution is 0.177. The maximum absolute atomic E-state index is 11.9. The summed E-state index contributed by atoms with van der Waals surface area (Å²) in [5.41, 5.74) is -2.01. The van der Waals surface area contributed by atoms with Crippen molar-refractivity contribution < 1.29 is 32.9 Å². The minimum atomic E-state index is -3.56. The summed E-state index contributed by atoms with van der Waals surface area (Å²) in [6.07, 6.45) is -6.58. The van der Waals surface area contributed by atoms with E-state index in [0.717, 1.165) is 0 Å². The Morgan fingerprint density at radius 3 is 3.38 bits per heavy atom. The van der Waals surface area contributed by atoms with Crippen LogP contribution in [-0.2, 0) is 17.5 Å². The molecular weight excluding hydrogens is 266 g/mol. The first kappa shape index (κ1) is 4.26. The molecule has 5 nitrogen and oxygen atoms in total. The molecule has 3 rings (SSSR count). The van der Waals surface area contributed by atoms with Crippen LogP contribution in [0.25, 0.3) is 10.9 Å². The van der Waals surface area contributed by atoms with Crippen LogP contribution in [0.15, 0.2) is 24.3 Å². The summed E-state index contributed by atoms with van der Waals surface area (Å²) in [4.78, 5) is 12.3. The number of aromatic nitrogens is 1. The van der Waals surface area contributed by atoms with Crippen molar-refractivity contribution in [3.05, 3.63) is 35.4 Å². The number of carbonyl (C=O) groups excluding carboxylic acids is 1. The monoisotopic (exact) mass is 304 g/mol. The van der Waals surface area contributed by atoms with E-state index in [2.05, 4.69) is 4.74 Å². The molecule has 0 saturated carbocycles. The number of benzene rings is 1. The Bertz CT molecular complexity index is 1290. The van der Waals surface area contributed by atoms with Gasteiger partial charge >= 0.3 is 6.09 Å². The summed E-state index contributed by atoms with van der Waals surface area (Å²) < 4.78 is 140. The molecule has 1 amide bonds. The molecule has 1 aromatic carbocycles. The van der Waals surface area contributed by atoms with Gasteiger partial charge in [0.25, 0.3) is 0 Å². The quantitative estimate of drug-likeness (QED) is 0.887. The summed E-state index contributed by atoms with van der Waals surface area (Å²) in [6.45, 7) is -10.4. The molecule has 0 unspecified atom stereocenters. The van der Waals surface area contributed by atoms with Crippen molar-refractivity contribution in [2.24, 2.45) is 0 Å². The Hall–Kier alpha value is -2.01. The van der Waals surface area contributed by atoms with Crippen molar-refractivity contribution in [3.8, 4) is 0 Å². The number of fused-ring (bicyclic) bond motifs is 1. The molecule has 1 aliphatic rings. The lowest BCUT2D eigenvalue weighted by Crippen LogP contribution is -2.28. The zero-order chi connectivity index (χ0) is 29.5. The number of hydrogen-bond donors (Lipinski definition) is 2. The van der Waals surface area contributed by atoms with Crippen molar-refractivity contribution in [2.75, 3.05) is 27.1 Å². The molecule has 2 heterocycles. The first-order chi connectivity index (χ1) is 16.9. The van der Waals surface area contributed by atoms with E-state index in [9.17, 15) is 4.79 Å². The van der Waals surface area contributed by atoms with E-state index in [0.29, 0.717) is 4.98 Å². The van der Waals surface area contributed by atoms with E-state index in [1.807, 2.05) is 0 Å². The number of aromatic amines is 1. The summed E-state index contributed by atoms with van der Waals surface area (Å²) in [5.74, 6) is 0. The molecule has 2 N–H and O–H groups in total. The fourth-order valence-electron chi connectivity index (χ4n) is 1.75. The van der Waals surface area contributed by atoms with Crippen LogP contribution in [0.2, 0.25) is 2.82 Å². The molecule has 1 saturated heterocycles. The number of alkyl carbamates (subject to hydrolysis) is 1. The van der Waals surface area contributed by atoms with Gasteiger partial charge in [0.15, 0.2) is 2.82 Å². The largest absolute Gasteiger partial charge is 0.447 e. The zero-order valence-corrected chi connectivity index (χ0v) is 10.6. The third-order valence-corrected chi connectivity index (χ3v) is 2.66. The van der Waals surface area contributed by atoms with Crippen molar-refractivity contribution in [1.82, 2.24) is 15.2 Å². The van der Waals surface area contributed by atoms with Gasteiger partial charge in [-0.3, -0.25) is 0 Å². The van der Waals surface area contributed by atoms with Gasteiger partial charge in [0.05, 0.1) is 15.6 Å². The van der Waals surface area contributed by atoms with Crippen LogP contribution < -0.4 is 5.31 Å². The van der Waals surface area contributed by atoms with Crippen LogP contribution >= 0.6 is 0 Å². The number of H-pyrrole nitrogens is 1. The minimum absolute atomic E-state index is 0.156. The fraction of sp³-hybridized carbons (Fsp3) is 0.438. The van der Waals surface area contributed by atoms with E-state index in [-0.39, 0.29) is 10.5 Å². The molecule has 0 aliphatic carbocycles. The van der Waals surface area contributed by atoms with Gasteiger partial charge in [0.2, 0.25) is 0 Å². The Balaban J connectivity index is 2.31. The Morgan fingerprint density at radius 2 is 2.62 bits per heavy atom. The highest BCUT2D eigenvalue weighted by atomic mass is 16.6. The molecule has 2 aromatic rings. The van der Waals surface area contributed by atoms with Gasteiger partial charge < -0.3 is 19.9 Å². The third kappa shape index (κ3) is 3.19. The highest BCUT2D eigenvalue weighted by Crippen LogP contribution is 2.21. The molecule has 112 valence electrons. The normalized spacial score (nSPS) is 38.2. The standard InChI is InChI=1S/C16H21N3O2/c1-19(2)6-5-12-9-17-15-4-3-11(8-14(12)15)7-13-10-21-16(20)18-13/h3-4,8-9,13,17H,5-7,10H2,1-2H3,(H,18,20)/t13-/m0/s1/i1D3,2D3,3D,4D,7D2,8D,9D,10D2,13D/hD2. The first-order valence-electron chi connectivity index (χ1n) is 14.3. The third-order valence-electron chi connectivity index (χ3n) is 2.66. The molecule has 21 heavy (non-hydrogen) atoms. The highest BCUT2D eigenvalue weighted by Gasteiger charge is 2.22. The Labute approximate surface area is 148 Å². The number of cyclic esters (lactones) is 1. The second kappa shape index (κ2) is 5.77. The number of nitrogens with one attached hydrogen (secondary N) is 2. The van der Waals surface area contributed by atoms with E-state index < -0.39 is 98.0 Å². The van der Waals surface area contributed by atoms with Crippen molar-refractivity contribution in [3.63, 3.8) is 0 Å². The molecule has 1 fully saturated rings. The Kier molecular flexibility index (Phi) is 1.17. The van der Waals surface area contributed by atoms with Gasteiger partial charge in [-0.25, -0.2) is 4.79 Å². The highest BCUT2D eigenvalue weighted by molar-refractivity contribution is 5.84. The summed E-state index contributed by atoms with van der Waals surface area (Å²) in [7, 11) is 0. The van der Waals surface area contributed by atoms with Crippen molar-refractivity contribution in [1.29, 1.82) is 0 Å². The molecule has 5 heteroatoms. The summed E-state index contributed by atoms with van der Waals surface area (Å²) in [5, 5.41) is -0.941. The average Bonchev–Trinajstić information content (AvgIpc) is 3.08. The van der Waals surface area contributed by atoms with Gasteiger partial charge in [-0.1, -0.05) is 6.04 Å². The van der Waals surface area contributed by atoms with Crippen LogP contribution in [0.1, 0.15) is 31.7 Å². The number of carbonyl (C=O) groups is 1. The lowest BCUT2D eigenvalue weighted by atomic mass is 10.0. The van der Waals surface area contributed by atoms with E-state index in [4.69, 9.17) is 23.4 Å². The predicted molar refractivity (Wildman–Crippen MR) is 82.5 cm³/mol. The number of ether oxygens (including phenoxy) is 1. The smallest absolute Gasteiger partial charge is 0.407 e. The molecule has 1 aliphatic heterocycles. The lowest BCUT2D eigenvalue weighted by Gasteiger charge is -2.09. The number of likely N-dealkylation sites (N-methyl/N-ethyl adjacent to an activating group) is 1. The fourth-order valence-corrected chi connectivity index (χ4v) is 1.75. The maximum Gasteiger partial charge on any atom is 0.407 e. The minimum Gasteiger partial charge on any atom is -0.447 e. The van der Waals surface area contributed by atoms with Crippen LogP contribution in [0.5, 0.6) is 0 Å². The van der Waals surface area contributed by atoms with Gasteiger partial charge in [-0.2, -0.15) is 0 Å². The second-order valence-electron chi connectivity index (χ2n) is 4.13. The molecule has 0 spiro atoms. The topological polar surface area (TPSA) is 57.4 Å². The van der Waals surface area contributed by atoms with Crippen molar-refractivity contribution in [2.45, 2.75) is 18.8 Å². The average molecular weight is 304 g/mol. The van der Waals surface area contributed by atoms with Gasteiger partial charge in [-0.05, 0) is 50.0 Å². The summed E-state index contributed by atoms with van der Waals surface area (Å²) >= 11 is 0.